The van der Waals surface area contributed by atoms with Gasteiger partial charge in [0.05, 0.1) is 28.7 Å². The second-order valence-corrected chi connectivity index (χ2v) is 14.3. The highest BCUT2D eigenvalue weighted by atomic mass is 35.5. The SMILES string of the molecule is Cn1ncc(-c2nc(N[C@H]3CC[C@H](NCc4ccc(OCc5scc6c5CN(C5CCC(=O)NC5=O)C6=O)cc4)CC3)ncc2Cl)c1CCO. The number of aryl methyl sites for hydroxylation is 1. The van der Waals surface area contributed by atoms with E-state index in [4.69, 9.17) is 21.3 Å². The number of rotatable bonds is 12. The number of carbonyl (C=O) groups excluding carboxylic acids is 3. The quantitative estimate of drug-likeness (QED) is 0.158. The topological polar surface area (TPSA) is 164 Å². The molecule has 0 spiro atoms. The number of fused-ring (bicyclic) bond motifs is 1. The molecule has 50 heavy (non-hydrogen) atoms. The van der Waals surface area contributed by atoms with E-state index in [2.05, 4.69) is 38.2 Å². The van der Waals surface area contributed by atoms with Crippen LogP contribution in [0.3, 0.4) is 0 Å². The van der Waals surface area contributed by atoms with Gasteiger partial charge in [0.15, 0.2) is 0 Å². The van der Waals surface area contributed by atoms with Crippen molar-refractivity contribution in [3.8, 4) is 17.0 Å². The molecule has 13 nitrogen and oxygen atoms in total. The van der Waals surface area contributed by atoms with Crippen molar-refractivity contribution in [3.63, 3.8) is 0 Å². The van der Waals surface area contributed by atoms with Crippen molar-refractivity contribution < 1.29 is 24.2 Å². The Morgan fingerprint density at radius 3 is 2.60 bits per heavy atom. The van der Waals surface area contributed by atoms with Gasteiger partial charge in [-0.2, -0.15) is 5.10 Å². The second-order valence-electron chi connectivity index (χ2n) is 12.9. The molecule has 262 valence electrons. The van der Waals surface area contributed by atoms with Gasteiger partial charge in [0.25, 0.3) is 5.91 Å². The van der Waals surface area contributed by atoms with Crippen molar-refractivity contribution in [1.29, 1.82) is 0 Å². The van der Waals surface area contributed by atoms with Crippen LogP contribution in [-0.4, -0.2) is 72.2 Å². The highest BCUT2D eigenvalue weighted by Crippen LogP contribution is 2.35. The van der Waals surface area contributed by atoms with Crippen LogP contribution in [0, 0.1) is 0 Å². The number of hydrogen-bond acceptors (Lipinski definition) is 11. The summed E-state index contributed by atoms with van der Waals surface area (Å²) < 4.78 is 7.82. The summed E-state index contributed by atoms with van der Waals surface area (Å²) in [4.78, 5) is 48.6. The number of nitrogens with zero attached hydrogens (tertiary/aromatic N) is 5. The molecular formula is C35H39ClN8O5S. The van der Waals surface area contributed by atoms with E-state index in [1.807, 2.05) is 24.6 Å². The molecular weight excluding hydrogens is 680 g/mol. The third kappa shape index (κ3) is 7.24. The molecule has 1 atom stereocenters. The molecule has 5 heterocycles. The van der Waals surface area contributed by atoms with E-state index in [0.29, 0.717) is 54.3 Å². The number of hydrogen-bond donors (Lipinski definition) is 4. The Labute approximate surface area is 298 Å². The number of benzene rings is 1. The van der Waals surface area contributed by atoms with E-state index in [9.17, 15) is 19.5 Å². The Bertz CT molecular complexity index is 1890. The summed E-state index contributed by atoms with van der Waals surface area (Å²) in [6.07, 6.45) is 8.39. The summed E-state index contributed by atoms with van der Waals surface area (Å²) >= 11 is 7.96. The fourth-order valence-electron chi connectivity index (χ4n) is 6.95. The van der Waals surface area contributed by atoms with Crippen molar-refractivity contribution in [1.82, 2.24) is 35.3 Å². The summed E-state index contributed by atoms with van der Waals surface area (Å²) in [6, 6.07) is 8.09. The van der Waals surface area contributed by atoms with E-state index in [0.717, 1.165) is 65.2 Å². The zero-order valence-corrected chi connectivity index (χ0v) is 29.2. The number of carbonyl (C=O) groups is 3. The first-order chi connectivity index (χ1) is 24.3. The van der Waals surface area contributed by atoms with Crippen LogP contribution in [0.25, 0.3) is 11.3 Å². The van der Waals surface area contributed by atoms with Gasteiger partial charge in [-0.3, -0.25) is 24.4 Å². The molecule has 1 aromatic carbocycles. The van der Waals surface area contributed by atoms with Crippen LogP contribution in [0.1, 0.15) is 70.6 Å². The van der Waals surface area contributed by atoms with Gasteiger partial charge in [0.1, 0.15) is 18.4 Å². The minimum Gasteiger partial charge on any atom is -0.488 e. The van der Waals surface area contributed by atoms with E-state index in [1.165, 1.54) is 11.3 Å². The van der Waals surface area contributed by atoms with Crippen LogP contribution in [0.5, 0.6) is 5.75 Å². The lowest BCUT2D eigenvalue weighted by atomic mass is 9.91. The average molecular weight is 719 g/mol. The van der Waals surface area contributed by atoms with Crippen LogP contribution in [0.15, 0.2) is 42.0 Å². The van der Waals surface area contributed by atoms with Crippen molar-refractivity contribution in [3.05, 3.63) is 74.3 Å². The van der Waals surface area contributed by atoms with E-state index < -0.39 is 11.9 Å². The zero-order chi connectivity index (χ0) is 34.8. The maximum absolute atomic E-state index is 13.0. The molecule has 1 saturated carbocycles. The number of ether oxygens (including phenoxy) is 1. The summed E-state index contributed by atoms with van der Waals surface area (Å²) in [5.41, 5.74) is 4.96. The normalized spacial score (nSPS) is 20.6. The van der Waals surface area contributed by atoms with Crippen molar-refractivity contribution in [2.75, 3.05) is 11.9 Å². The molecule has 15 heteroatoms. The maximum Gasteiger partial charge on any atom is 0.256 e. The van der Waals surface area contributed by atoms with Crippen LogP contribution in [-0.2, 0) is 42.8 Å². The van der Waals surface area contributed by atoms with Gasteiger partial charge < -0.3 is 25.4 Å². The predicted molar refractivity (Wildman–Crippen MR) is 188 cm³/mol. The Morgan fingerprint density at radius 2 is 1.84 bits per heavy atom. The van der Waals surface area contributed by atoms with Gasteiger partial charge >= 0.3 is 0 Å². The fraction of sp³-hybridized carbons (Fsp3) is 0.429. The summed E-state index contributed by atoms with van der Waals surface area (Å²) in [5, 5.41) is 25.6. The predicted octanol–water partition coefficient (Wildman–Crippen LogP) is 3.98. The molecule has 3 aliphatic rings. The molecule has 1 aliphatic carbocycles. The number of aliphatic hydroxyl groups excluding tert-OH is 1. The molecule has 2 fully saturated rings. The first-order valence-electron chi connectivity index (χ1n) is 16.9. The molecule has 0 bridgehead atoms. The lowest BCUT2D eigenvalue weighted by Crippen LogP contribution is -2.52. The van der Waals surface area contributed by atoms with E-state index in [1.54, 1.807) is 22.0 Å². The summed E-state index contributed by atoms with van der Waals surface area (Å²) in [5.74, 6) is 0.411. The number of amides is 3. The smallest absolute Gasteiger partial charge is 0.256 e. The van der Waals surface area contributed by atoms with Gasteiger partial charge in [-0.05, 0) is 49.8 Å². The molecule has 4 aromatic rings. The average Bonchev–Trinajstić information content (AvgIpc) is 3.79. The van der Waals surface area contributed by atoms with Crippen molar-refractivity contribution in [2.45, 2.75) is 82.8 Å². The number of anilines is 1. The monoisotopic (exact) mass is 718 g/mol. The first kappa shape index (κ1) is 34.1. The Hall–Kier alpha value is -4.37. The number of aliphatic hydroxyl groups is 1. The number of aromatic nitrogens is 4. The van der Waals surface area contributed by atoms with E-state index >= 15 is 0 Å². The van der Waals surface area contributed by atoms with Crippen LogP contribution < -0.4 is 20.7 Å². The number of imide groups is 1. The van der Waals surface area contributed by atoms with Gasteiger partial charge in [-0.25, -0.2) is 9.97 Å². The summed E-state index contributed by atoms with van der Waals surface area (Å²) in [7, 11) is 1.84. The van der Waals surface area contributed by atoms with Crippen LogP contribution in [0.4, 0.5) is 5.95 Å². The molecule has 1 unspecified atom stereocenters. The highest BCUT2D eigenvalue weighted by Gasteiger charge is 2.40. The van der Waals surface area contributed by atoms with Crippen molar-refractivity contribution in [2.24, 2.45) is 7.05 Å². The van der Waals surface area contributed by atoms with Crippen molar-refractivity contribution >= 4 is 46.6 Å². The summed E-state index contributed by atoms with van der Waals surface area (Å²) in [6.45, 7) is 1.45. The molecule has 1 saturated heterocycles. The number of nitrogens with one attached hydrogen (secondary N) is 3. The lowest BCUT2D eigenvalue weighted by molar-refractivity contribution is -0.136. The minimum absolute atomic E-state index is 0.0108. The molecule has 7 rings (SSSR count). The van der Waals surface area contributed by atoms with Gasteiger partial charge in [-0.1, -0.05) is 23.7 Å². The lowest BCUT2D eigenvalue weighted by Gasteiger charge is -2.30. The van der Waals surface area contributed by atoms with Crippen LogP contribution >= 0.6 is 22.9 Å². The van der Waals surface area contributed by atoms with Gasteiger partial charge in [-0.15, -0.1) is 11.3 Å². The first-order valence-corrected chi connectivity index (χ1v) is 18.1. The zero-order valence-electron chi connectivity index (χ0n) is 27.7. The fourth-order valence-corrected chi connectivity index (χ4v) is 8.09. The van der Waals surface area contributed by atoms with Crippen LogP contribution in [0.2, 0.25) is 5.02 Å². The second kappa shape index (κ2) is 14.9. The number of piperidine rings is 1. The molecule has 3 aromatic heterocycles. The number of thiophene rings is 1. The Balaban J connectivity index is 0.862. The molecule has 0 radical (unpaired) electrons. The largest absolute Gasteiger partial charge is 0.488 e. The Morgan fingerprint density at radius 1 is 1.06 bits per heavy atom. The third-order valence-electron chi connectivity index (χ3n) is 9.74. The maximum atomic E-state index is 13.0. The third-order valence-corrected chi connectivity index (χ3v) is 11.0. The molecule has 3 amide bonds. The van der Waals surface area contributed by atoms with Gasteiger partial charge in [0.2, 0.25) is 17.8 Å². The van der Waals surface area contributed by atoms with Gasteiger partial charge in [0, 0.05) is 78.7 Å². The molecule has 4 N–H and O–H groups in total. The Kier molecular flexibility index (Phi) is 10.1. The number of halogens is 1. The molecule has 2 aliphatic heterocycles. The standard InChI is InChI=1S/C35H39ClN8O5S/c1-43-28(12-13-45)24(15-39-43)32-27(36)16-38-35(42-32)40-22-6-4-21(5-7-22)37-14-20-2-8-23(9-3-20)49-18-30-25-17-44(34(48)26(25)19-50-30)29-10-11-31(46)41-33(29)47/h2-3,8-9,15-16,19,21-22,29,37,45H,4-7,10-14,17-18H2,1H3,(H,38,40,42)(H,41,46,47)/t21-,22-,29?. The minimum atomic E-state index is -0.623. The highest BCUT2D eigenvalue weighted by molar-refractivity contribution is 7.10. The van der Waals surface area contributed by atoms with E-state index in [-0.39, 0.29) is 30.9 Å².